The first-order valence-electron chi connectivity index (χ1n) is 7.41. The summed E-state index contributed by atoms with van der Waals surface area (Å²) in [6, 6.07) is 10.1. The average molecular weight is 287 g/mol. The van der Waals surface area contributed by atoms with Crippen LogP contribution in [0.3, 0.4) is 0 Å². The summed E-state index contributed by atoms with van der Waals surface area (Å²) >= 11 is 0. The Bertz CT molecular complexity index is 518. The van der Waals surface area contributed by atoms with Crippen LogP contribution in [0.25, 0.3) is 0 Å². The first kappa shape index (κ1) is 15.8. The highest BCUT2D eigenvalue weighted by atomic mass is 16.5. The van der Waals surface area contributed by atoms with Crippen LogP contribution in [0.1, 0.15) is 33.3 Å². The van der Waals surface area contributed by atoms with Crippen molar-refractivity contribution >= 4 is 5.91 Å². The number of ether oxygens (including phenoxy) is 1. The van der Waals surface area contributed by atoms with Crippen LogP contribution in [0.4, 0.5) is 0 Å². The van der Waals surface area contributed by atoms with Crippen molar-refractivity contribution in [3.8, 4) is 0 Å². The number of hydrogen-bond acceptors (Lipinski definition) is 2. The molecule has 1 aromatic rings. The Morgan fingerprint density at radius 2 is 2.00 bits per heavy atom. The molecular formula is C18H25NO2. The van der Waals surface area contributed by atoms with Crippen LogP contribution in [0.5, 0.6) is 0 Å². The number of carbonyl (C=O) groups excluding carboxylic acids is 1. The van der Waals surface area contributed by atoms with Crippen molar-refractivity contribution in [1.82, 2.24) is 5.32 Å². The van der Waals surface area contributed by atoms with Crippen LogP contribution in [-0.2, 0) is 14.9 Å². The fourth-order valence-electron chi connectivity index (χ4n) is 2.91. The monoisotopic (exact) mass is 287 g/mol. The fourth-order valence-corrected chi connectivity index (χ4v) is 2.91. The molecular weight excluding hydrogens is 262 g/mol. The third-order valence-corrected chi connectivity index (χ3v) is 4.00. The minimum Gasteiger partial charge on any atom is -0.372 e. The lowest BCUT2D eigenvalue weighted by molar-refractivity contribution is -0.124. The van der Waals surface area contributed by atoms with Crippen molar-refractivity contribution < 1.29 is 9.53 Å². The van der Waals surface area contributed by atoms with E-state index in [1.807, 2.05) is 39.0 Å². The van der Waals surface area contributed by atoms with Crippen molar-refractivity contribution in [1.29, 1.82) is 0 Å². The molecule has 1 aromatic carbocycles. The number of carbonyl (C=O) groups is 1. The topological polar surface area (TPSA) is 38.3 Å². The van der Waals surface area contributed by atoms with Crippen molar-refractivity contribution in [2.75, 3.05) is 6.61 Å². The molecule has 21 heavy (non-hydrogen) atoms. The molecule has 0 heterocycles. The van der Waals surface area contributed by atoms with E-state index >= 15 is 0 Å². The Balaban J connectivity index is 2.22. The van der Waals surface area contributed by atoms with Gasteiger partial charge in [0.2, 0.25) is 5.91 Å². The Morgan fingerprint density at radius 3 is 2.52 bits per heavy atom. The summed E-state index contributed by atoms with van der Waals surface area (Å²) in [5.74, 6) is -0.0954. The molecule has 0 saturated heterocycles. The second kappa shape index (κ2) is 5.64. The molecule has 0 bridgehead atoms. The van der Waals surface area contributed by atoms with Gasteiger partial charge in [0, 0.05) is 11.0 Å². The van der Waals surface area contributed by atoms with Crippen LogP contribution in [0.15, 0.2) is 43.0 Å². The maximum atomic E-state index is 12.6. The van der Waals surface area contributed by atoms with E-state index in [0.29, 0.717) is 6.61 Å². The van der Waals surface area contributed by atoms with E-state index in [-0.39, 0.29) is 28.9 Å². The molecule has 1 saturated carbocycles. The van der Waals surface area contributed by atoms with E-state index in [9.17, 15) is 4.79 Å². The molecule has 3 atom stereocenters. The van der Waals surface area contributed by atoms with Gasteiger partial charge in [-0.2, -0.15) is 0 Å². The fraction of sp³-hybridized carbons (Fsp3) is 0.500. The van der Waals surface area contributed by atoms with Crippen LogP contribution in [0.2, 0.25) is 0 Å². The van der Waals surface area contributed by atoms with Gasteiger partial charge < -0.3 is 10.1 Å². The Kier molecular flexibility index (Phi) is 4.24. The smallest absolute Gasteiger partial charge is 0.227 e. The van der Waals surface area contributed by atoms with Gasteiger partial charge in [-0.25, -0.2) is 0 Å². The van der Waals surface area contributed by atoms with E-state index in [4.69, 9.17) is 4.74 Å². The summed E-state index contributed by atoms with van der Waals surface area (Å²) in [7, 11) is 0. The van der Waals surface area contributed by atoms with Gasteiger partial charge >= 0.3 is 0 Å². The van der Waals surface area contributed by atoms with Crippen molar-refractivity contribution in [2.45, 2.75) is 44.8 Å². The zero-order valence-electron chi connectivity index (χ0n) is 13.3. The maximum absolute atomic E-state index is 12.6. The van der Waals surface area contributed by atoms with Gasteiger partial charge in [-0.05, 0) is 26.3 Å². The zero-order chi connectivity index (χ0) is 15.7. The number of rotatable bonds is 5. The molecule has 3 nitrogen and oxygen atoms in total. The largest absolute Gasteiger partial charge is 0.372 e. The molecule has 1 amide bonds. The summed E-state index contributed by atoms with van der Waals surface area (Å²) < 4.78 is 5.84. The average Bonchev–Trinajstić information content (AvgIpc) is 3.02. The number of benzene rings is 1. The van der Waals surface area contributed by atoms with Gasteiger partial charge in [0.05, 0.1) is 18.6 Å². The zero-order valence-corrected chi connectivity index (χ0v) is 13.3. The Morgan fingerprint density at radius 1 is 1.38 bits per heavy atom. The van der Waals surface area contributed by atoms with E-state index in [0.717, 1.165) is 5.56 Å². The summed E-state index contributed by atoms with van der Waals surface area (Å²) in [6.45, 7) is 12.2. The minimum atomic E-state index is -0.264. The van der Waals surface area contributed by atoms with Gasteiger partial charge in [0.1, 0.15) is 0 Å². The molecule has 0 spiro atoms. The van der Waals surface area contributed by atoms with Gasteiger partial charge in [-0.3, -0.25) is 4.79 Å². The highest BCUT2D eigenvalue weighted by Gasteiger charge is 2.67. The number of nitrogens with one attached hydrogen (secondary N) is 1. The normalized spacial score (nSPS) is 28.0. The summed E-state index contributed by atoms with van der Waals surface area (Å²) in [6.07, 6.45) is 1.63. The second-order valence-corrected chi connectivity index (χ2v) is 6.91. The molecule has 0 aromatic heterocycles. The van der Waals surface area contributed by atoms with E-state index in [1.165, 1.54) is 0 Å². The third-order valence-electron chi connectivity index (χ3n) is 4.00. The molecule has 1 N–H and O–H groups in total. The predicted octanol–water partition coefficient (Wildman–Crippen LogP) is 3.06. The van der Waals surface area contributed by atoms with Crippen LogP contribution in [0, 0.1) is 5.92 Å². The third kappa shape index (κ3) is 3.18. The molecule has 1 aliphatic carbocycles. The van der Waals surface area contributed by atoms with Gasteiger partial charge in [0.15, 0.2) is 0 Å². The number of hydrogen-bond donors (Lipinski definition) is 1. The molecule has 3 heteroatoms. The molecule has 1 aliphatic rings. The highest BCUT2D eigenvalue weighted by Crippen LogP contribution is 2.56. The van der Waals surface area contributed by atoms with E-state index < -0.39 is 0 Å². The van der Waals surface area contributed by atoms with Crippen molar-refractivity contribution in [2.24, 2.45) is 5.92 Å². The van der Waals surface area contributed by atoms with Gasteiger partial charge in [0.25, 0.3) is 0 Å². The summed E-state index contributed by atoms with van der Waals surface area (Å²) in [5.41, 5.74) is 0.646. The lowest BCUT2D eigenvalue weighted by Crippen LogP contribution is -2.42. The SMILES string of the molecule is C=CCO[C@H]1[C@H](C(=O)NC(C)(C)C)[C@]1(C)c1ccccc1. The van der Waals surface area contributed by atoms with E-state index in [1.54, 1.807) is 6.08 Å². The van der Waals surface area contributed by atoms with Gasteiger partial charge in [-0.1, -0.05) is 43.3 Å². The first-order chi connectivity index (χ1) is 9.80. The molecule has 2 rings (SSSR count). The Labute approximate surface area is 127 Å². The molecule has 0 radical (unpaired) electrons. The second-order valence-electron chi connectivity index (χ2n) is 6.91. The summed E-state index contributed by atoms with van der Waals surface area (Å²) in [5, 5.41) is 3.07. The first-order valence-corrected chi connectivity index (χ1v) is 7.41. The molecule has 1 fully saturated rings. The molecule has 0 unspecified atom stereocenters. The standard InChI is InChI=1S/C18H25NO2/c1-6-12-21-15-14(16(20)19-17(2,3)4)18(15,5)13-10-8-7-9-11-13/h6-11,14-15H,1,12H2,2-5H3,(H,19,20)/t14-,15+,18+/m1/s1. The maximum Gasteiger partial charge on any atom is 0.227 e. The van der Waals surface area contributed by atoms with Crippen molar-refractivity contribution in [3.05, 3.63) is 48.6 Å². The molecule has 114 valence electrons. The van der Waals surface area contributed by atoms with E-state index in [2.05, 4.69) is 31.0 Å². The van der Waals surface area contributed by atoms with Crippen molar-refractivity contribution in [3.63, 3.8) is 0 Å². The quantitative estimate of drug-likeness (QED) is 0.845. The molecule has 0 aliphatic heterocycles. The lowest BCUT2D eigenvalue weighted by atomic mass is 9.94. The highest BCUT2D eigenvalue weighted by molar-refractivity contribution is 5.86. The number of amides is 1. The summed E-state index contributed by atoms with van der Waals surface area (Å²) in [4.78, 5) is 12.6. The Hall–Kier alpha value is -1.61. The minimum absolute atomic E-state index is 0.0583. The lowest BCUT2D eigenvalue weighted by Gasteiger charge is -2.21. The van der Waals surface area contributed by atoms with Crippen LogP contribution < -0.4 is 5.32 Å². The predicted molar refractivity (Wildman–Crippen MR) is 85.1 cm³/mol. The van der Waals surface area contributed by atoms with Crippen LogP contribution >= 0.6 is 0 Å². The van der Waals surface area contributed by atoms with Gasteiger partial charge in [-0.15, -0.1) is 6.58 Å². The van der Waals surface area contributed by atoms with Crippen LogP contribution in [-0.4, -0.2) is 24.2 Å².